The lowest BCUT2D eigenvalue weighted by Crippen LogP contribution is -2.31. The zero-order valence-electron chi connectivity index (χ0n) is 24.5. The van der Waals surface area contributed by atoms with Gasteiger partial charge in [0.2, 0.25) is 0 Å². The minimum atomic E-state index is -0.787. The van der Waals surface area contributed by atoms with Crippen molar-refractivity contribution in [1.29, 1.82) is 0 Å². The minimum Gasteiger partial charge on any atom is -0.507 e. The number of hydrogen-bond acceptors (Lipinski definition) is 7. The number of Topliss-reactive ketones (excluding diaryl/α,β-unsaturated/α-hetero) is 1. The smallest absolute Gasteiger partial charge is 0.295 e. The number of fused-ring (bicyclic) bond motifs is 1. The second-order valence-corrected chi connectivity index (χ2v) is 10.8. The van der Waals surface area contributed by atoms with E-state index in [1.54, 1.807) is 23.5 Å². The molecule has 9 heteroatoms. The van der Waals surface area contributed by atoms with E-state index in [0.29, 0.717) is 61.8 Å². The molecule has 0 bridgehead atoms. The van der Waals surface area contributed by atoms with Gasteiger partial charge in [-0.2, -0.15) is 0 Å². The summed E-state index contributed by atoms with van der Waals surface area (Å²) >= 11 is 0. The summed E-state index contributed by atoms with van der Waals surface area (Å²) in [5, 5.41) is 11.6. The van der Waals surface area contributed by atoms with Crippen LogP contribution >= 0.6 is 0 Å². The number of benzene rings is 2. The van der Waals surface area contributed by atoms with Crippen molar-refractivity contribution in [2.45, 2.75) is 71.6 Å². The largest absolute Gasteiger partial charge is 0.507 e. The Labute approximate surface area is 246 Å². The molecule has 1 N–H and O–H groups in total. The third-order valence-corrected chi connectivity index (χ3v) is 7.67. The van der Waals surface area contributed by atoms with Gasteiger partial charge in [0, 0.05) is 37.5 Å². The molecule has 3 aromatic rings. The Morgan fingerprint density at radius 2 is 1.90 bits per heavy atom. The Morgan fingerprint density at radius 3 is 2.67 bits per heavy atom. The van der Waals surface area contributed by atoms with Crippen molar-refractivity contribution in [3.63, 3.8) is 0 Å². The van der Waals surface area contributed by atoms with E-state index < -0.39 is 17.7 Å². The zero-order valence-corrected chi connectivity index (χ0v) is 24.5. The number of ether oxygens (including phenoxy) is 3. The molecule has 0 saturated carbocycles. The average molecular weight is 574 g/mol. The van der Waals surface area contributed by atoms with Gasteiger partial charge in [0.05, 0.1) is 31.2 Å². The van der Waals surface area contributed by atoms with Crippen molar-refractivity contribution < 1.29 is 28.9 Å². The first-order chi connectivity index (χ1) is 20.4. The number of likely N-dealkylation sites (tertiary alicyclic amines) is 1. The number of nitrogens with zero attached hydrogens (tertiary/aromatic N) is 3. The Morgan fingerprint density at radius 1 is 1.05 bits per heavy atom. The lowest BCUT2D eigenvalue weighted by atomic mass is 9.94. The predicted octanol–water partition coefficient (Wildman–Crippen LogP) is 5.69. The number of aliphatic hydroxyl groups excluding tert-OH is 1. The molecule has 3 heterocycles. The summed E-state index contributed by atoms with van der Waals surface area (Å²) in [6.45, 7) is 7.97. The molecule has 1 saturated heterocycles. The van der Waals surface area contributed by atoms with Crippen LogP contribution in [0.25, 0.3) is 5.76 Å². The van der Waals surface area contributed by atoms with Gasteiger partial charge < -0.3 is 28.8 Å². The Bertz CT molecular complexity index is 1450. The average Bonchev–Trinajstić information content (AvgIpc) is 3.70. The molecule has 1 aromatic heterocycles. The molecule has 9 nitrogen and oxygen atoms in total. The fraction of sp³-hybridized carbons (Fsp3) is 0.424. The molecule has 42 heavy (non-hydrogen) atoms. The molecule has 222 valence electrons. The highest BCUT2D eigenvalue weighted by molar-refractivity contribution is 6.46. The number of carbonyl (C=O) groups excluding carboxylic acids is 2. The summed E-state index contributed by atoms with van der Waals surface area (Å²) in [5.74, 6) is 0.383. The van der Waals surface area contributed by atoms with Gasteiger partial charge in [-0.15, -0.1) is 0 Å². The van der Waals surface area contributed by atoms with Gasteiger partial charge in [0.25, 0.3) is 11.7 Å². The van der Waals surface area contributed by atoms with E-state index in [-0.39, 0.29) is 17.4 Å². The Hall–Kier alpha value is -4.27. The lowest BCUT2D eigenvalue weighted by molar-refractivity contribution is -0.139. The van der Waals surface area contributed by atoms with Gasteiger partial charge in [-0.3, -0.25) is 9.59 Å². The first kappa shape index (κ1) is 29.2. The first-order valence-corrected chi connectivity index (χ1v) is 14.8. The second kappa shape index (κ2) is 13.1. The van der Waals surface area contributed by atoms with Crippen LogP contribution in [0.5, 0.6) is 17.2 Å². The van der Waals surface area contributed by atoms with E-state index in [1.165, 1.54) is 0 Å². The molecule has 0 radical (unpaired) electrons. The van der Waals surface area contributed by atoms with Gasteiger partial charge >= 0.3 is 0 Å². The van der Waals surface area contributed by atoms with Crippen LogP contribution in [-0.2, 0) is 22.6 Å². The van der Waals surface area contributed by atoms with E-state index >= 15 is 0 Å². The monoisotopic (exact) mass is 573 g/mol. The second-order valence-electron chi connectivity index (χ2n) is 10.8. The Balaban J connectivity index is 1.52. The minimum absolute atomic E-state index is 0.0400. The zero-order chi connectivity index (χ0) is 29.6. The maximum atomic E-state index is 13.6. The standard InChI is InChI=1S/C33H39N3O6/c1-4-6-7-17-41-27-12-9-23(20-28(27)40-5-2)30-29(31(37)24-10-11-26-25(19-24)18-22(3)42-26)32(38)33(39)36(30)15-8-14-35-16-13-34-21-35/h9-13,16,19-22,30,37H,4-8,14-15,17-18H2,1-3H3/t22-,30+/m1/s1. The third kappa shape index (κ3) is 6.15. The van der Waals surface area contributed by atoms with Crippen LogP contribution in [-0.4, -0.2) is 57.1 Å². The summed E-state index contributed by atoms with van der Waals surface area (Å²) in [7, 11) is 0. The van der Waals surface area contributed by atoms with Crippen LogP contribution in [0.1, 0.15) is 69.2 Å². The van der Waals surface area contributed by atoms with Crippen LogP contribution < -0.4 is 14.2 Å². The number of rotatable bonds is 13. The Kier molecular flexibility index (Phi) is 9.15. The molecule has 1 amide bonds. The normalized spacial score (nSPS) is 19.2. The van der Waals surface area contributed by atoms with E-state index in [4.69, 9.17) is 14.2 Å². The van der Waals surface area contributed by atoms with Crippen molar-refractivity contribution in [3.8, 4) is 17.2 Å². The molecular weight excluding hydrogens is 534 g/mol. The molecule has 5 rings (SSSR count). The van der Waals surface area contributed by atoms with Gasteiger partial charge in [-0.1, -0.05) is 25.8 Å². The molecule has 2 aromatic carbocycles. The van der Waals surface area contributed by atoms with E-state index in [9.17, 15) is 14.7 Å². The fourth-order valence-electron chi connectivity index (χ4n) is 5.64. The van der Waals surface area contributed by atoms with Crippen LogP contribution in [0.3, 0.4) is 0 Å². The maximum absolute atomic E-state index is 13.6. The number of amides is 1. The molecule has 2 atom stereocenters. The molecule has 0 unspecified atom stereocenters. The van der Waals surface area contributed by atoms with Crippen molar-refractivity contribution in [1.82, 2.24) is 14.5 Å². The van der Waals surface area contributed by atoms with Crippen LogP contribution in [0, 0.1) is 0 Å². The number of hydrogen-bond donors (Lipinski definition) is 1. The van der Waals surface area contributed by atoms with Gasteiger partial charge in [0.1, 0.15) is 17.6 Å². The van der Waals surface area contributed by atoms with E-state index in [2.05, 4.69) is 11.9 Å². The molecular formula is C33H39N3O6. The number of imidazole rings is 1. The van der Waals surface area contributed by atoms with E-state index in [1.807, 2.05) is 54.9 Å². The van der Waals surface area contributed by atoms with E-state index in [0.717, 1.165) is 30.6 Å². The lowest BCUT2D eigenvalue weighted by Gasteiger charge is -2.26. The van der Waals surface area contributed by atoms with Crippen LogP contribution in [0.15, 0.2) is 60.7 Å². The number of aryl methyl sites for hydroxylation is 1. The van der Waals surface area contributed by atoms with Crippen molar-refractivity contribution in [2.75, 3.05) is 19.8 Å². The summed E-state index contributed by atoms with van der Waals surface area (Å²) < 4.78 is 19.7. The van der Waals surface area contributed by atoms with Gasteiger partial charge in [-0.25, -0.2) is 4.98 Å². The molecule has 2 aliphatic rings. The van der Waals surface area contributed by atoms with Crippen molar-refractivity contribution in [3.05, 3.63) is 77.4 Å². The van der Waals surface area contributed by atoms with Gasteiger partial charge in [-0.05, 0) is 68.1 Å². The molecule has 0 spiro atoms. The highest BCUT2D eigenvalue weighted by Gasteiger charge is 2.46. The van der Waals surface area contributed by atoms with Crippen LogP contribution in [0.4, 0.5) is 0 Å². The third-order valence-electron chi connectivity index (χ3n) is 7.67. The number of aliphatic hydroxyl groups is 1. The summed E-state index contributed by atoms with van der Waals surface area (Å²) in [6.07, 6.45) is 9.74. The van der Waals surface area contributed by atoms with Crippen molar-refractivity contribution >= 4 is 17.4 Å². The summed E-state index contributed by atoms with van der Waals surface area (Å²) in [6, 6.07) is 10.1. The summed E-state index contributed by atoms with van der Waals surface area (Å²) in [5.41, 5.74) is 2.17. The SMILES string of the molecule is CCCCCOc1ccc([C@H]2C(=C(O)c3ccc4c(c3)C[C@@H](C)O4)C(=O)C(=O)N2CCCn2ccnc2)cc1OCC. The first-order valence-electron chi connectivity index (χ1n) is 14.8. The van der Waals surface area contributed by atoms with Gasteiger partial charge in [0.15, 0.2) is 11.5 Å². The fourth-order valence-corrected chi connectivity index (χ4v) is 5.64. The van der Waals surface area contributed by atoms with Crippen LogP contribution in [0.2, 0.25) is 0 Å². The maximum Gasteiger partial charge on any atom is 0.295 e. The number of ketones is 1. The summed E-state index contributed by atoms with van der Waals surface area (Å²) in [4.78, 5) is 32.7. The molecule has 0 aliphatic carbocycles. The number of aromatic nitrogens is 2. The highest BCUT2D eigenvalue weighted by atomic mass is 16.5. The number of unbranched alkanes of at least 4 members (excludes halogenated alkanes) is 2. The van der Waals surface area contributed by atoms with Crippen molar-refractivity contribution in [2.24, 2.45) is 0 Å². The number of carbonyl (C=O) groups is 2. The quantitative estimate of drug-likeness (QED) is 0.121. The topological polar surface area (TPSA) is 103 Å². The molecule has 2 aliphatic heterocycles. The predicted molar refractivity (Wildman–Crippen MR) is 159 cm³/mol. The highest BCUT2D eigenvalue weighted by Crippen LogP contribution is 2.43. The molecule has 1 fully saturated rings.